The Morgan fingerprint density at radius 1 is 1.22 bits per heavy atom. The molecule has 2 fully saturated rings. The van der Waals surface area contributed by atoms with Crippen molar-refractivity contribution in [3.05, 3.63) is 81.4 Å². The average molecular weight is 481 g/mol. The summed E-state index contributed by atoms with van der Waals surface area (Å²) in [5, 5.41) is 11.4. The number of carbonyl (C=O) groups is 1. The van der Waals surface area contributed by atoms with Crippen LogP contribution in [0.1, 0.15) is 42.9 Å². The molecule has 0 spiro atoms. The Morgan fingerprint density at radius 2 is 2.03 bits per heavy atom. The molecule has 1 amide bonds. The number of nitro benzene ring substituents is 1. The number of anilines is 1. The van der Waals surface area contributed by atoms with Gasteiger partial charge in [-0.15, -0.1) is 0 Å². The quantitative estimate of drug-likeness (QED) is 0.262. The minimum absolute atomic E-state index is 0.0895. The number of fused-ring (bicyclic) bond motifs is 1. The van der Waals surface area contributed by atoms with Gasteiger partial charge < -0.3 is 9.47 Å². The van der Waals surface area contributed by atoms with E-state index in [0.717, 1.165) is 30.4 Å². The van der Waals surface area contributed by atoms with Crippen LogP contribution in [0.15, 0.2) is 54.6 Å². The van der Waals surface area contributed by atoms with Gasteiger partial charge in [0.05, 0.1) is 21.6 Å². The highest BCUT2D eigenvalue weighted by molar-refractivity contribution is 5.93. The van der Waals surface area contributed by atoms with Gasteiger partial charge in [0.1, 0.15) is 23.9 Å². The predicted molar refractivity (Wildman–Crippen MR) is 133 cm³/mol. The van der Waals surface area contributed by atoms with Gasteiger partial charge in [-0.1, -0.05) is 53.5 Å². The van der Waals surface area contributed by atoms with Gasteiger partial charge in [0.15, 0.2) is 0 Å². The molecule has 6 rings (SSSR count). The van der Waals surface area contributed by atoms with Crippen molar-refractivity contribution in [1.82, 2.24) is 0 Å². The minimum Gasteiger partial charge on any atom is -0.444 e. The Hall–Kier alpha value is -4.07. The monoisotopic (exact) mass is 480 g/mol. The summed E-state index contributed by atoms with van der Waals surface area (Å²) < 4.78 is 12.5. The number of para-hydroxylation sites is 1. The number of hydrogen-bond acceptors (Lipinski definition) is 5. The maximum atomic E-state index is 13.7. The molecule has 2 aromatic carbocycles. The third kappa shape index (κ3) is 2.90. The first-order valence-corrected chi connectivity index (χ1v) is 12.0. The third-order valence-corrected chi connectivity index (χ3v) is 7.94. The van der Waals surface area contributed by atoms with Gasteiger partial charge >= 0.3 is 6.09 Å². The Balaban J connectivity index is 1.47. The summed E-state index contributed by atoms with van der Waals surface area (Å²) in [6.07, 6.45) is 5.34. The van der Waals surface area contributed by atoms with Crippen LogP contribution in [-0.2, 0) is 21.7 Å². The zero-order valence-electron chi connectivity index (χ0n) is 20.0. The first kappa shape index (κ1) is 22.4. The van der Waals surface area contributed by atoms with E-state index in [2.05, 4.69) is 36.7 Å². The lowest BCUT2D eigenvalue weighted by molar-refractivity contribution is -0.385. The highest BCUT2D eigenvalue weighted by Crippen LogP contribution is 2.75. The van der Waals surface area contributed by atoms with E-state index in [1.165, 1.54) is 6.07 Å². The molecule has 4 aliphatic rings. The largest absolute Gasteiger partial charge is 0.444 e. The lowest BCUT2D eigenvalue weighted by Crippen LogP contribution is -2.59. The second-order valence-electron chi connectivity index (χ2n) is 9.98. The number of nitro groups is 1. The fourth-order valence-corrected chi connectivity index (χ4v) is 6.36. The molecular formula is C29H24N2O5. The summed E-state index contributed by atoms with van der Waals surface area (Å²) in [5.41, 5.74) is 1.07. The zero-order chi connectivity index (χ0) is 25.1. The van der Waals surface area contributed by atoms with Gasteiger partial charge in [-0.3, -0.25) is 15.0 Å². The van der Waals surface area contributed by atoms with Crippen molar-refractivity contribution in [3.8, 4) is 23.7 Å². The van der Waals surface area contributed by atoms with Gasteiger partial charge in [0.25, 0.3) is 5.69 Å². The Morgan fingerprint density at radius 3 is 2.86 bits per heavy atom. The molecule has 0 aromatic heterocycles. The van der Waals surface area contributed by atoms with Gasteiger partial charge in [0, 0.05) is 11.6 Å². The average Bonchev–Trinajstić information content (AvgIpc) is 3.58. The normalized spacial score (nSPS) is 31.3. The van der Waals surface area contributed by atoms with E-state index in [9.17, 15) is 14.9 Å². The lowest BCUT2D eigenvalue weighted by Gasteiger charge is -2.47. The van der Waals surface area contributed by atoms with Gasteiger partial charge in [-0.05, 0) is 57.4 Å². The summed E-state index contributed by atoms with van der Waals surface area (Å²) in [4.78, 5) is 26.3. The number of hydrogen-bond donors (Lipinski definition) is 0. The molecule has 4 unspecified atom stereocenters. The molecule has 7 heteroatoms. The first-order chi connectivity index (χ1) is 17.3. The van der Waals surface area contributed by atoms with Gasteiger partial charge in [-0.2, -0.15) is 0 Å². The summed E-state index contributed by atoms with van der Waals surface area (Å²) in [7, 11) is 0. The maximum absolute atomic E-state index is 13.7. The standard InChI is InChI=1S/C29H24N2O5/c1-20-13-14-24-22(18-20)29-27(2)15-8-4-3-5-12-25(28(29,36-29)17-9-16-27)30(24)26(32)35-19-21-10-6-7-11-23(21)31(33)34/h3-4,6-7,10-11,13-14,18,25H,9,16-17,19H2,1-2H3/b4-3-. The number of epoxide rings is 1. The molecule has 36 heavy (non-hydrogen) atoms. The van der Waals surface area contributed by atoms with Crippen molar-refractivity contribution in [2.45, 2.75) is 57.0 Å². The fraction of sp³-hybridized carbons (Fsp3) is 0.345. The summed E-state index contributed by atoms with van der Waals surface area (Å²) in [5.74, 6) is 13.0. The predicted octanol–water partition coefficient (Wildman–Crippen LogP) is 5.16. The number of allylic oxidation sites excluding steroid dienone is 2. The Kier molecular flexibility index (Phi) is 4.80. The molecular weight excluding hydrogens is 456 g/mol. The van der Waals surface area contributed by atoms with Crippen molar-refractivity contribution in [2.75, 3.05) is 4.90 Å². The second-order valence-corrected chi connectivity index (χ2v) is 9.98. The van der Waals surface area contributed by atoms with Crippen molar-refractivity contribution < 1.29 is 19.2 Å². The summed E-state index contributed by atoms with van der Waals surface area (Å²) in [6, 6.07) is 11.6. The molecule has 2 heterocycles. The second kappa shape index (κ2) is 7.71. The molecule has 2 aliphatic carbocycles. The molecule has 4 bridgehead atoms. The SMILES string of the molecule is Cc1ccc2c(c1)C13OC14CCCC3(C)C#C/C=C\C#CC4N2C(=O)OCc1ccccc1[N+](=O)[O-]. The molecule has 0 radical (unpaired) electrons. The van der Waals surface area contributed by atoms with Crippen LogP contribution < -0.4 is 4.90 Å². The molecule has 0 N–H and O–H groups in total. The first-order valence-electron chi connectivity index (χ1n) is 12.0. The molecule has 1 saturated heterocycles. The number of nitrogens with zero attached hydrogens (tertiary/aromatic N) is 2. The summed E-state index contributed by atoms with van der Waals surface area (Å²) >= 11 is 0. The number of carbonyl (C=O) groups excluding carboxylic acids is 1. The van der Waals surface area contributed by atoms with Crippen LogP contribution in [0.5, 0.6) is 0 Å². The van der Waals surface area contributed by atoms with E-state index < -0.39 is 33.7 Å². The van der Waals surface area contributed by atoms with Crippen molar-refractivity contribution in [1.29, 1.82) is 0 Å². The lowest BCUT2D eigenvalue weighted by atomic mass is 9.56. The van der Waals surface area contributed by atoms with E-state index in [-0.39, 0.29) is 12.3 Å². The summed E-state index contributed by atoms with van der Waals surface area (Å²) in [6.45, 7) is 3.94. The molecule has 4 atom stereocenters. The fourth-order valence-electron chi connectivity index (χ4n) is 6.36. The van der Waals surface area contributed by atoms with E-state index in [4.69, 9.17) is 9.47 Å². The number of ether oxygens (including phenoxy) is 2. The van der Waals surface area contributed by atoms with E-state index in [1.54, 1.807) is 35.3 Å². The van der Waals surface area contributed by atoms with Gasteiger partial charge in [-0.25, -0.2) is 4.79 Å². The highest BCUT2D eigenvalue weighted by atomic mass is 16.6. The topological polar surface area (TPSA) is 85.2 Å². The van der Waals surface area contributed by atoms with Crippen LogP contribution in [0, 0.1) is 46.1 Å². The molecule has 180 valence electrons. The molecule has 2 aromatic rings. The van der Waals surface area contributed by atoms with E-state index >= 15 is 0 Å². The maximum Gasteiger partial charge on any atom is 0.415 e. The van der Waals surface area contributed by atoms with Crippen molar-refractivity contribution in [3.63, 3.8) is 0 Å². The van der Waals surface area contributed by atoms with Crippen molar-refractivity contribution >= 4 is 17.5 Å². The number of benzene rings is 2. The minimum atomic E-state index is -0.703. The third-order valence-electron chi connectivity index (χ3n) is 7.94. The van der Waals surface area contributed by atoms with Gasteiger partial charge in [0.2, 0.25) is 0 Å². The van der Waals surface area contributed by atoms with Crippen LogP contribution in [0.25, 0.3) is 0 Å². The van der Waals surface area contributed by atoms with E-state index in [1.807, 2.05) is 19.1 Å². The zero-order valence-corrected chi connectivity index (χ0v) is 20.0. The van der Waals surface area contributed by atoms with Crippen LogP contribution in [-0.4, -0.2) is 22.7 Å². The van der Waals surface area contributed by atoms with Crippen molar-refractivity contribution in [2.24, 2.45) is 5.41 Å². The Labute approximate surface area is 209 Å². The Bertz CT molecular complexity index is 1470. The van der Waals surface area contributed by atoms with Crippen LogP contribution in [0.2, 0.25) is 0 Å². The molecule has 2 aliphatic heterocycles. The highest BCUT2D eigenvalue weighted by Gasteiger charge is 2.85. The van der Waals surface area contributed by atoms with Crippen LogP contribution >= 0.6 is 0 Å². The van der Waals surface area contributed by atoms with Crippen LogP contribution in [0.4, 0.5) is 16.2 Å². The number of amides is 1. The molecule has 7 nitrogen and oxygen atoms in total. The molecule has 1 saturated carbocycles. The van der Waals surface area contributed by atoms with Crippen LogP contribution in [0.3, 0.4) is 0 Å². The number of rotatable bonds is 3. The smallest absolute Gasteiger partial charge is 0.415 e. The number of aryl methyl sites for hydroxylation is 1. The van der Waals surface area contributed by atoms with E-state index in [0.29, 0.717) is 11.3 Å².